The summed E-state index contributed by atoms with van der Waals surface area (Å²) in [5.74, 6) is -1.58. The second kappa shape index (κ2) is 5.55. The molecule has 1 heterocycles. The summed E-state index contributed by atoms with van der Waals surface area (Å²) in [6, 6.07) is 0.413. The van der Waals surface area contributed by atoms with Gasteiger partial charge < -0.3 is 10.6 Å². The number of carbonyl (C=O) groups is 2. The Morgan fingerprint density at radius 1 is 1.11 bits per heavy atom. The molecule has 2 aliphatic rings. The molecule has 152 valence electrons. The molecule has 1 aliphatic heterocycles. The first-order valence-corrected chi connectivity index (χ1v) is 10.0. The molecule has 1 aliphatic carbocycles. The summed E-state index contributed by atoms with van der Waals surface area (Å²) in [5.41, 5.74) is 0.577. The lowest BCUT2D eigenvalue weighted by Gasteiger charge is -2.47. The molecule has 0 bridgehead atoms. The molecule has 6 nitrogen and oxygen atoms in total. The minimum Gasteiger partial charge on any atom is -0.339 e. The lowest BCUT2D eigenvalue weighted by Crippen LogP contribution is -2.69. The van der Waals surface area contributed by atoms with E-state index in [1.165, 1.54) is 5.48 Å². The van der Waals surface area contributed by atoms with Crippen molar-refractivity contribution in [3.8, 4) is 0 Å². The van der Waals surface area contributed by atoms with Gasteiger partial charge in [-0.15, -0.1) is 0 Å². The first-order chi connectivity index (χ1) is 12.3. The predicted octanol–water partition coefficient (Wildman–Crippen LogP) is 2.95. The van der Waals surface area contributed by atoms with Gasteiger partial charge in [-0.05, 0) is 43.0 Å². The highest BCUT2D eigenvalue weighted by Crippen LogP contribution is 3.02. The van der Waals surface area contributed by atoms with Crippen LogP contribution in [0.1, 0.15) is 23.2 Å². The zero-order valence-corrected chi connectivity index (χ0v) is 14.7. The van der Waals surface area contributed by atoms with Crippen LogP contribution in [0.2, 0.25) is 0 Å². The number of rotatable bonds is 6. The Labute approximate surface area is 151 Å². The van der Waals surface area contributed by atoms with E-state index in [4.69, 9.17) is 5.21 Å². The molecule has 0 aromatic heterocycles. The van der Waals surface area contributed by atoms with E-state index in [0.29, 0.717) is 25.2 Å². The van der Waals surface area contributed by atoms with Crippen LogP contribution in [0.3, 0.4) is 0 Å². The molecule has 0 spiro atoms. The first-order valence-electron chi connectivity index (χ1n) is 8.06. The second-order valence-corrected chi connectivity index (χ2v) is 9.40. The van der Waals surface area contributed by atoms with Crippen LogP contribution >= 0.6 is 10.2 Å². The zero-order valence-electron chi connectivity index (χ0n) is 13.9. The highest BCUT2D eigenvalue weighted by atomic mass is 32.5. The summed E-state index contributed by atoms with van der Waals surface area (Å²) in [7, 11) is -9.83. The number of halogens is 5. The van der Waals surface area contributed by atoms with Gasteiger partial charge in [-0.3, -0.25) is 14.8 Å². The van der Waals surface area contributed by atoms with E-state index in [0.717, 1.165) is 12.8 Å². The van der Waals surface area contributed by atoms with Crippen LogP contribution < -0.4 is 16.1 Å². The van der Waals surface area contributed by atoms with Gasteiger partial charge in [0, 0.05) is 24.1 Å². The van der Waals surface area contributed by atoms with Crippen molar-refractivity contribution in [2.75, 3.05) is 13.1 Å². The largest absolute Gasteiger partial charge is 0.339 e. The van der Waals surface area contributed by atoms with Crippen LogP contribution in [0.15, 0.2) is 29.2 Å². The van der Waals surface area contributed by atoms with Crippen molar-refractivity contribution in [1.82, 2.24) is 16.1 Å². The van der Waals surface area contributed by atoms with Crippen molar-refractivity contribution < 1.29 is 34.2 Å². The molecule has 1 aromatic rings. The fraction of sp³-hybridized carbons (Fsp3) is 0.467. The summed E-state index contributed by atoms with van der Waals surface area (Å²) in [4.78, 5) is 22.3. The molecule has 27 heavy (non-hydrogen) atoms. The fourth-order valence-electron chi connectivity index (χ4n) is 3.41. The number of hydrogen-bond acceptors (Lipinski definition) is 4. The van der Waals surface area contributed by atoms with Crippen LogP contribution in [0.25, 0.3) is 0 Å². The van der Waals surface area contributed by atoms with Crippen molar-refractivity contribution in [1.29, 1.82) is 0 Å². The number of hydroxylamine groups is 1. The second-order valence-electron chi connectivity index (χ2n) is 6.99. The van der Waals surface area contributed by atoms with E-state index in [-0.39, 0.29) is 23.6 Å². The lowest BCUT2D eigenvalue weighted by atomic mass is 9.70. The van der Waals surface area contributed by atoms with Gasteiger partial charge in [-0.25, -0.2) is 5.48 Å². The number of benzene rings is 1. The molecule has 2 amide bonds. The van der Waals surface area contributed by atoms with Gasteiger partial charge >= 0.3 is 10.2 Å². The Morgan fingerprint density at radius 2 is 1.67 bits per heavy atom. The van der Waals surface area contributed by atoms with E-state index in [9.17, 15) is 29.0 Å². The van der Waals surface area contributed by atoms with Gasteiger partial charge in [0.25, 0.3) is 11.8 Å². The van der Waals surface area contributed by atoms with Crippen molar-refractivity contribution >= 4 is 22.0 Å². The van der Waals surface area contributed by atoms with Gasteiger partial charge in [0.1, 0.15) is 10.9 Å². The Kier molecular flexibility index (Phi) is 4.08. The molecule has 1 saturated carbocycles. The van der Waals surface area contributed by atoms with E-state index < -0.39 is 38.4 Å². The van der Waals surface area contributed by atoms with Crippen molar-refractivity contribution in [2.45, 2.75) is 23.8 Å². The highest BCUT2D eigenvalue weighted by Gasteiger charge is 2.65. The molecule has 3 rings (SSSR count). The van der Waals surface area contributed by atoms with Gasteiger partial charge in [0.2, 0.25) is 0 Å². The Morgan fingerprint density at radius 3 is 2.04 bits per heavy atom. The summed E-state index contributed by atoms with van der Waals surface area (Å²) in [6.07, 6.45) is 1.71. The Hall–Kier alpha value is -1.92. The van der Waals surface area contributed by atoms with E-state index in [1.54, 1.807) is 0 Å². The number of carbonyl (C=O) groups excluding carboxylic acids is 2. The Bertz CT molecular complexity index is 777. The molecule has 2 fully saturated rings. The molecule has 12 heteroatoms. The average Bonchev–Trinajstić information content (AvgIpc) is 3.35. The van der Waals surface area contributed by atoms with Crippen LogP contribution in [-0.2, 0) is 4.79 Å². The van der Waals surface area contributed by atoms with Crippen LogP contribution in [-0.4, -0.2) is 36.2 Å². The van der Waals surface area contributed by atoms with Gasteiger partial charge in [-0.1, -0.05) is 19.4 Å². The topological polar surface area (TPSA) is 90.5 Å². The van der Waals surface area contributed by atoms with E-state index >= 15 is 0 Å². The summed E-state index contributed by atoms with van der Waals surface area (Å²) < 4.78 is 63.8. The van der Waals surface area contributed by atoms with Crippen LogP contribution in [0, 0.1) is 11.3 Å². The molecule has 4 N–H and O–H groups in total. The van der Waals surface area contributed by atoms with Crippen LogP contribution in [0.5, 0.6) is 0 Å². The summed E-state index contributed by atoms with van der Waals surface area (Å²) >= 11 is 0. The standard InChI is InChI=1S/C15H18F5N3O3S/c16-27(17,18,19,20)11-5-1-9(2-6-11)13(24)22-12(14(25)23-26)15(7-21-8-15)10-3-4-10/h1-2,5-6,10,12,21,26H,3-4,7-8H2,(H,22,24)(H,23,25). The molecular formula is C15H18F5N3O3S. The molecular weight excluding hydrogens is 397 g/mol. The molecule has 1 saturated heterocycles. The van der Waals surface area contributed by atoms with Crippen LogP contribution in [0.4, 0.5) is 19.4 Å². The van der Waals surface area contributed by atoms with Gasteiger partial charge in [0.05, 0.1) is 0 Å². The normalized spacial score (nSPS) is 22.6. The van der Waals surface area contributed by atoms with Crippen molar-refractivity contribution in [3.05, 3.63) is 29.8 Å². The summed E-state index contributed by atoms with van der Waals surface area (Å²) in [6.45, 7) is 0.859. The third-order valence-corrected chi connectivity index (χ3v) is 6.25. The molecule has 1 unspecified atom stereocenters. The predicted molar refractivity (Wildman–Crippen MR) is 87.0 cm³/mol. The highest BCUT2D eigenvalue weighted by molar-refractivity contribution is 8.45. The summed E-state index contributed by atoms with van der Waals surface area (Å²) in [5, 5.41) is 14.4. The number of nitrogens with one attached hydrogen (secondary N) is 3. The first kappa shape index (κ1) is 19.8. The maximum absolute atomic E-state index is 12.8. The number of hydrogen-bond donors (Lipinski definition) is 4. The lowest BCUT2D eigenvalue weighted by molar-refractivity contribution is -0.136. The van der Waals surface area contributed by atoms with E-state index in [2.05, 4.69) is 10.6 Å². The molecule has 1 aromatic carbocycles. The number of amides is 2. The minimum atomic E-state index is -9.83. The maximum Gasteiger partial charge on any atom is 0.310 e. The zero-order chi connectivity index (χ0) is 20.2. The van der Waals surface area contributed by atoms with Crippen molar-refractivity contribution in [3.63, 3.8) is 0 Å². The van der Waals surface area contributed by atoms with Gasteiger partial charge in [-0.2, -0.15) is 0 Å². The molecule has 1 atom stereocenters. The SMILES string of the molecule is O=C(NC(C(=O)NO)C1(C2CC2)CNC1)c1ccc(S(F)(F)(F)(F)F)cc1. The fourth-order valence-corrected chi connectivity index (χ4v) is 4.06. The third kappa shape index (κ3) is 3.87. The maximum atomic E-state index is 12.8. The monoisotopic (exact) mass is 415 g/mol. The van der Waals surface area contributed by atoms with E-state index in [1.807, 2.05) is 0 Å². The molecule has 0 radical (unpaired) electrons. The smallest absolute Gasteiger partial charge is 0.310 e. The minimum absolute atomic E-state index is 0.138. The van der Waals surface area contributed by atoms with Crippen molar-refractivity contribution in [2.24, 2.45) is 11.3 Å². The van der Waals surface area contributed by atoms with Gasteiger partial charge in [0.15, 0.2) is 0 Å². The Balaban J connectivity index is 1.82. The average molecular weight is 415 g/mol. The third-order valence-electron chi connectivity index (χ3n) is 5.08. The quantitative estimate of drug-likeness (QED) is 0.327.